The van der Waals surface area contributed by atoms with Crippen molar-refractivity contribution in [3.05, 3.63) is 100 Å². The SMILES string of the molecule is C.Cc1ccccc1.O=[N+]([O-])c1cc(-c2ccccc2)cc(F)c1F. The number of nitro groups is 1. The molecular formula is C20H19F2NO2. The largest absolute Gasteiger partial charge is 0.308 e. The highest BCUT2D eigenvalue weighted by molar-refractivity contribution is 5.66. The van der Waals surface area contributed by atoms with Crippen molar-refractivity contribution in [3.8, 4) is 11.1 Å². The van der Waals surface area contributed by atoms with Gasteiger partial charge in [-0.15, -0.1) is 0 Å². The Morgan fingerprint density at radius 1 is 0.840 bits per heavy atom. The van der Waals surface area contributed by atoms with Crippen molar-refractivity contribution in [1.29, 1.82) is 0 Å². The highest BCUT2D eigenvalue weighted by atomic mass is 19.2. The molecule has 0 aromatic heterocycles. The van der Waals surface area contributed by atoms with Crippen molar-refractivity contribution >= 4 is 5.69 Å². The van der Waals surface area contributed by atoms with Gasteiger partial charge in [-0.2, -0.15) is 4.39 Å². The summed E-state index contributed by atoms with van der Waals surface area (Å²) in [5, 5.41) is 10.6. The van der Waals surface area contributed by atoms with E-state index in [1.165, 1.54) is 5.56 Å². The van der Waals surface area contributed by atoms with Crippen LogP contribution in [0.25, 0.3) is 11.1 Å². The molecule has 0 aliphatic carbocycles. The monoisotopic (exact) mass is 343 g/mol. The molecule has 3 nitrogen and oxygen atoms in total. The number of hydrogen-bond acceptors (Lipinski definition) is 2. The van der Waals surface area contributed by atoms with E-state index < -0.39 is 22.2 Å². The number of halogens is 2. The van der Waals surface area contributed by atoms with E-state index in [-0.39, 0.29) is 13.0 Å². The standard InChI is InChI=1S/C12H7F2NO2.C7H8.CH4/c13-10-6-9(8-4-2-1-3-5-8)7-11(12(10)14)15(16)17;1-7-5-3-2-4-6-7;/h1-7H;2-6H,1H3;1H4. The van der Waals surface area contributed by atoms with E-state index in [0.29, 0.717) is 5.56 Å². The third-order valence-electron chi connectivity index (χ3n) is 3.25. The van der Waals surface area contributed by atoms with E-state index >= 15 is 0 Å². The molecule has 5 heteroatoms. The van der Waals surface area contributed by atoms with E-state index in [9.17, 15) is 18.9 Å². The molecule has 0 radical (unpaired) electrons. The van der Waals surface area contributed by atoms with Crippen LogP contribution in [0, 0.1) is 28.7 Å². The quantitative estimate of drug-likeness (QED) is 0.412. The molecule has 0 saturated carbocycles. The second-order valence-electron chi connectivity index (χ2n) is 5.07. The first kappa shape index (κ1) is 20.0. The summed E-state index contributed by atoms with van der Waals surface area (Å²) in [6, 6.07) is 20.7. The third-order valence-corrected chi connectivity index (χ3v) is 3.25. The molecule has 0 amide bonds. The van der Waals surface area contributed by atoms with Crippen molar-refractivity contribution in [2.75, 3.05) is 0 Å². The fraction of sp³-hybridized carbons (Fsp3) is 0.100. The van der Waals surface area contributed by atoms with Gasteiger partial charge in [0.15, 0.2) is 5.82 Å². The molecule has 0 saturated heterocycles. The molecule has 0 fully saturated rings. The maximum absolute atomic E-state index is 13.2. The zero-order chi connectivity index (χ0) is 17.5. The molecule has 0 bridgehead atoms. The summed E-state index contributed by atoms with van der Waals surface area (Å²) in [6.07, 6.45) is 0. The first-order valence-corrected chi connectivity index (χ1v) is 7.19. The lowest BCUT2D eigenvalue weighted by atomic mass is 10.0. The number of benzene rings is 3. The minimum absolute atomic E-state index is 0. The summed E-state index contributed by atoms with van der Waals surface area (Å²) >= 11 is 0. The average Bonchev–Trinajstić information content (AvgIpc) is 2.59. The molecule has 0 aliphatic rings. The van der Waals surface area contributed by atoms with Crippen molar-refractivity contribution in [2.45, 2.75) is 14.4 Å². The molecule has 130 valence electrons. The molecule has 0 unspecified atom stereocenters. The van der Waals surface area contributed by atoms with E-state index in [2.05, 4.69) is 19.1 Å². The number of hydrogen-bond donors (Lipinski definition) is 0. The van der Waals surface area contributed by atoms with Crippen LogP contribution in [-0.4, -0.2) is 4.92 Å². The predicted molar refractivity (Wildman–Crippen MR) is 96.4 cm³/mol. The van der Waals surface area contributed by atoms with Crippen LogP contribution >= 0.6 is 0 Å². The van der Waals surface area contributed by atoms with Crippen LogP contribution in [0.1, 0.15) is 13.0 Å². The first-order valence-electron chi connectivity index (χ1n) is 7.19. The van der Waals surface area contributed by atoms with Crippen LogP contribution in [0.3, 0.4) is 0 Å². The lowest BCUT2D eigenvalue weighted by molar-refractivity contribution is -0.387. The van der Waals surface area contributed by atoms with Gasteiger partial charge in [0.2, 0.25) is 5.82 Å². The number of nitrogens with zero attached hydrogens (tertiary/aromatic N) is 1. The van der Waals surface area contributed by atoms with Gasteiger partial charge in [0.25, 0.3) is 0 Å². The van der Waals surface area contributed by atoms with E-state index in [1.807, 2.05) is 18.2 Å². The van der Waals surface area contributed by atoms with Crippen LogP contribution in [0.5, 0.6) is 0 Å². The van der Waals surface area contributed by atoms with Crippen molar-refractivity contribution < 1.29 is 13.7 Å². The molecule has 0 atom stereocenters. The fourth-order valence-corrected chi connectivity index (χ4v) is 2.04. The molecule has 0 N–H and O–H groups in total. The topological polar surface area (TPSA) is 43.1 Å². The van der Waals surface area contributed by atoms with Crippen LogP contribution in [0.2, 0.25) is 0 Å². The van der Waals surface area contributed by atoms with Crippen LogP contribution < -0.4 is 0 Å². The Bertz CT molecular complexity index is 822. The summed E-state index contributed by atoms with van der Waals surface area (Å²) in [5.41, 5.74) is 1.33. The van der Waals surface area contributed by atoms with Crippen molar-refractivity contribution in [3.63, 3.8) is 0 Å². The minimum atomic E-state index is -1.44. The van der Waals surface area contributed by atoms with Crippen molar-refractivity contribution in [1.82, 2.24) is 0 Å². The van der Waals surface area contributed by atoms with E-state index in [0.717, 1.165) is 12.1 Å². The van der Waals surface area contributed by atoms with Gasteiger partial charge in [0.1, 0.15) is 0 Å². The van der Waals surface area contributed by atoms with Gasteiger partial charge < -0.3 is 0 Å². The van der Waals surface area contributed by atoms with Gasteiger partial charge in [-0.25, -0.2) is 4.39 Å². The maximum atomic E-state index is 13.2. The van der Waals surface area contributed by atoms with Crippen LogP contribution in [0.15, 0.2) is 72.8 Å². The Kier molecular flexibility index (Phi) is 7.41. The zero-order valence-electron chi connectivity index (χ0n) is 12.9. The summed E-state index contributed by atoms with van der Waals surface area (Å²) in [6.45, 7) is 2.08. The van der Waals surface area contributed by atoms with Gasteiger partial charge >= 0.3 is 5.69 Å². The van der Waals surface area contributed by atoms with Crippen LogP contribution in [-0.2, 0) is 0 Å². The lowest BCUT2D eigenvalue weighted by Crippen LogP contribution is -1.96. The van der Waals surface area contributed by atoms with E-state index in [1.54, 1.807) is 30.3 Å². The molecule has 3 aromatic carbocycles. The summed E-state index contributed by atoms with van der Waals surface area (Å²) in [5.74, 6) is -2.66. The van der Waals surface area contributed by atoms with Gasteiger partial charge in [0.05, 0.1) is 4.92 Å². The molecule has 0 aliphatic heterocycles. The second-order valence-corrected chi connectivity index (χ2v) is 5.07. The molecular weight excluding hydrogens is 324 g/mol. The van der Waals surface area contributed by atoms with Gasteiger partial charge in [0, 0.05) is 6.07 Å². The zero-order valence-corrected chi connectivity index (χ0v) is 12.9. The Balaban J connectivity index is 0.000000330. The molecule has 0 spiro atoms. The predicted octanol–water partition coefficient (Wildman–Crippen LogP) is 6.17. The lowest BCUT2D eigenvalue weighted by Gasteiger charge is -2.03. The Labute approximate surface area is 145 Å². The minimum Gasteiger partial charge on any atom is -0.258 e. The normalized spacial score (nSPS) is 9.40. The average molecular weight is 343 g/mol. The van der Waals surface area contributed by atoms with Gasteiger partial charge in [-0.1, -0.05) is 73.7 Å². The molecule has 3 rings (SSSR count). The fourth-order valence-electron chi connectivity index (χ4n) is 2.04. The Hall–Kier alpha value is -3.08. The highest BCUT2D eigenvalue weighted by Crippen LogP contribution is 2.28. The number of rotatable bonds is 2. The number of nitro benzene ring substituents is 1. The molecule has 3 aromatic rings. The maximum Gasteiger partial charge on any atom is 0.308 e. The highest BCUT2D eigenvalue weighted by Gasteiger charge is 2.20. The Morgan fingerprint density at radius 2 is 1.36 bits per heavy atom. The van der Waals surface area contributed by atoms with Crippen molar-refractivity contribution in [2.24, 2.45) is 0 Å². The second kappa shape index (κ2) is 9.27. The third kappa shape index (κ3) is 5.49. The molecule has 0 heterocycles. The van der Waals surface area contributed by atoms with Gasteiger partial charge in [-0.05, 0) is 24.1 Å². The van der Waals surface area contributed by atoms with E-state index in [4.69, 9.17) is 0 Å². The smallest absolute Gasteiger partial charge is 0.258 e. The summed E-state index contributed by atoms with van der Waals surface area (Å²) in [4.78, 5) is 9.62. The summed E-state index contributed by atoms with van der Waals surface area (Å²) in [7, 11) is 0. The van der Waals surface area contributed by atoms with Gasteiger partial charge in [-0.3, -0.25) is 10.1 Å². The first-order chi connectivity index (χ1) is 11.5. The van der Waals surface area contributed by atoms with Crippen LogP contribution in [0.4, 0.5) is 14.5 Å². The molecule has 25 heavy (non-hydrogen) atoms. The number of aryl methyl sites for hydroxylation is 1. The summed E-state index contributed by atoms with van der Waals surface area (Å²) < 4.78 is 26.3. The Morgan fingerprint density at radius 3 is 1.80 bits per heavy atom.